The van der Waals surface area contributed by atoms with E-state index in [-0.39, 0.29) is 10.0 Å². The topological polar surface area (TPSA) is 97.9 Å². The Morgan fingerprint density at radius 1 is 1.35 bits per heavy atom. The summed E-state index contributed by atoms with van der Waals surface area (Å²) in [4.78, 5) is 3.56. The van der Waals surface area contributed by atoms with Crippen LogP contribution in [0.25, 0.3) is 0 Å². The van der Waals surface area contributed by atoms with Crippen LogP contribution in [0.3, 0.4) is 0 Å². The minimum absolute atomic E-state index is 0.0277. The van der Waals surface area contributed by atoms with Crippen molar-refractivity contribution >= 4 is 21.6 Å². The minimum atomic E-state index is -3.88. The van der Waals surface area contributed by atoms with Crippen LogP contribution in [-0.2, 0) is 10.0 Å². The Kier molecular flexibility index (Phi) is 4.41. The largest absolute Gasteiger partial charge is 0.245 e. The fourth-order valence-corrected chi connectivity index (χ4v) is 2.56. The van der Waals surface area contributed by atoms with Crippen LogP contribution in [-0.4, -0.2) is 30.8 Å². The van der Waals surface area contributed by atoms with Gasteiger partial charge >= 0.3 is 0 Å². The fourth-order valence-electron chi connectivity index (χ4n) is 1.08. The van der Waals surface area contributed by atoms with Gasteiger partial charge in [0.15, 0.2) is 0 Å². The van der Waals surface area contributed by atoms with E-state index in [1.54, 1.807) is 12.1 Å². The van der Waals surface area contributed by atoms with E-state index in [4.69, 9.17) is 22.1 Å². The molecule has 88 valence electrons. The maximum atomic E-state index is 12.0. The molecule has 0 spiro atoms. The summed E-state index contributed by atoms with van der Waals surface area (Å²) >= 11 is 5.59. The summed E-state index contributed by atoms with van der Waals surface area (Å²) in [5, 5.41) is 17.1. The van der Waals surface area contributed by atoms with Gasteiger partial charge in [-0.1, -0.05) is 11.6 Å². The predicted molar refractivity (Wildman–Crippen MR) is 59.2 cm³/mol. The molecule has 1 heterocycles. The van der Waals surface area contributed by atoms with E-state index < -0.39 is 23.1 Å². The molecule has 6 nitrogen and oxygen atoms in total. The van der Waals surface area contributed by atoms with Crippen molar-refractivity contribution in [1.82, 2.24) is 9.29 Å². The summed E-state index contributed by atoms with van der Waals surface area (Å²) in [7, 11) is -3.88. The molecule has 8 heteroatoms. The molecule has 0 saturated carbocycles. The fraction of sp³-hybridized carbons (Fsp3) is 0.222. The van der Waals surface area contributed by atoms with Crippen LogP contribution in [0, 0.1) is 22.7 Å². The van der Waals surface area contributed by atoms with Gasteiger partial charge in [0, 0.05) is 6.20 Å². The zero-order valence-corrected chi connectivity index (χ0v) is 10.1. The molecule has 0 bridgehead atoms. The number of rotatable bonds is 4. The lowest BCUT2D eigenvalue weighted by Gasteiger charge is -2.15. The number of nitrogens with zero attached hydrogens (tertiary/aromatic N) is 4. The van der Waals surface area contributed by atoms with Gasteiger partial charge in [-0.3, -0.25) is 0 Å². The highest BCUT2D eigenvalue weighted by Gasteiger charge is 2.24. The Morgan fingerprint density at radius 2 is 1.94 bits per heavy atom. The average molecular weight is 271 g/mol. The van der Waals surface area contributed by atoms with E-state index in [1.165, 1.54) is 18.3 Å². The Labute approximate surface area is 104 Å². The first-order valence-electron chi connectivity index (χ1n) is 4.38. The van der Waals surface area contributed by atoms with Crippen molar-refractivity contribution in [3.63, 3.8) is 0 Å². The monoisotopic (exact) mass is 270 g/mol. The molecule has 0 amide bonds. The van der Waals surface area contributed by atoms with Gasteiger partial charge in [-0.2, -0.15) is 14.8 Å². The molecule has 1 rings (SSSR count). The molecule has 0 aliphatic rings. The normalized spacial score (nSPS) is 10.8. The summed E-state index contributed by atoms with van der Waals surface area (Å²) < 4.78 is 24.8. The van der Waals surface area contributed by atoms with Crippen molar-refractivity contribution in [2.24, 2.45) is 0 Å². The highest BCUT2D eigenvalue weighted by molar-refractivity contribution is 7.89. The van der Waals surface area contributed by atoms with E-state index in [0.717, 1.165) is 4.31 Å². The molecule has 0 N–H and O–H groups in total. The van der Waals surface area contributed by atoms with Crippen LogP contribution in [0.4, 0.5) is 0 Å². The van der Waals surface area contributed by atoms with Crippen LogP contribution in [0.5, 0.6) is 0 Å². The van der Waals surface area contributed by atoms with Crippen LogP contribution >= 0.6 is 11.6 Å². The van der Waals surface area contributed by atoms with Crippen molar-refractivity contribution in [3.8, 4) is 12.1 Å². The molecule has 0 radical (unpaired) electrons. The molecule has 0 aliphatic heterocycles. The van der Waals surface area contributed by atoms with Crippen molar-refractivity contribution in [2.45, 2.75) is 4.90 Å². The van der Waals surface area contributed by atoms with Crippen LogP contribution < -0.4 is 0 Å². The van der Waals surface area contributed by atoms with Gasteiger partial charge in [-0.05, 0) is 12.1 Å². The standard InChI is InChI=1S/C9H7ClN4O2S/c10-9-7-8(1-4-13-9)17(15,16)14(5-2-11)6-3-12/h1,4,7H,5-6H2. The van der Waals surface area contributed by atoms with Gasteiger partial charge in [-0.25, -0.2) is 13.4 Å². The zero-order valence-electron chi connectivity index (χ0n) is 8.54. The lowest BCUT2D eigenvalue weighted by atomic mass is 10.5. The number of pyridine rings is 1. The first-order chi connectivity index (χ1) is 8.02. The van der Waals surface area contributed by atoms with E-state index in [9.17, 15) is 8.42 Å². The molecule has 1 aromatic heterocycles. The van der Waals surface area contributed by atoms with Crippen molar-refractivity contribution < 1.29 is 8.42 Å². The first-order valence-corrected chi connectivity index (χ1v) is 6.19. The second-order valence-electron chi connectivity index (χ2n) is 2.90. The number of halogens is 1. The Morgan fingerprint density at radius 3 is 2.41 bits per heavy atom. The summed E-state index contributed by atoms with van der Waals surface area (Å²) in [6.45, 7) is -0.786. The van der Waals surface area contributed by atoms with E-state index in [0.29, 0.717) is 0 Å². The number of sulfonamides is 1. The third-order valence-electron chi connectivity index (χ3n) is 1.83. The average Bonchev–Trinajstić information content (AvgIpc) is 2.29. The lowest BCUT2D eigenvalue weighted by Crippen LogP contribution is -2.31. The summed E-state index contributed by atoms with van der Waals surface area (Å²) in [6.07, 6.45) is 1.24. The third-order valence-corrected chi connectivity index (χ3v) is 3.82. The van der Waals surface area contributed by atoms with Crippen molar-refractivity contribution in [2.75, 3.05) is 13.1 Å². The minimum Gasteiger partial charge on any atom is -0.244 e. The van der Waals surface area contributed by atoms with Crippen molar-refractivity contribution in [3.05, 3.63) is 23.5 Å². The van der Waals surface area contributed by atoms with Crippen LogP contribution in [0.2, 0.25) is 5.15 Å². The molecule has 0 unspecified atom stereocenters. The number of hydrogen-bond donors (Lipinski definition) is 0. The van der Waals surface area contributed by atoms with Gasteiger partial charge in [0.1, 0.15) is 18.2 Å². The lowest BCUT2D eigenvalue weighted by molar-refractivity contribution is 0.479. The van der Waals surface area contributed by atoms with E-state index in [1.807, 2.05) is 0 Å². The Balaban J connectivity index is 3.18. The smallest absolute Gasteiger partial charge is 0.244 e. The first kappa shape index (κ1) is 13.4. The van der Waals surface area contributed by atoms with E-state index in [2.05, 4.69) is 4.98 Å². The van der Waals surface area contributed by atoms with Gasteiger partial charge in [-0.15, -0.1) is 0 Å². The Bertz CT molecular complexity index is 572. The van der Waals surface area contributed by atoms with Crippen LogP contribution in [0.15, 0.2) is 23.2 Å². The summed E-state index contributed by atoms with van der Waals surface area (Å²) in [5.74, 6) is 0. The zero-order chi connectivity index (χ0) is 12.9. The maximum Gasteiger partial charge on any atom is 0.245 e. The Hall–Kier alpha value is -1.67. The quantitative estimate of drug-likeness (QED) is 0.594. The second kappa shape index (κ2) is 5.60. The second-order valence-corrected chi connectivity index (χ2v) is 5.23. The molecule has 17 heavy (non-hydrogen) atoms. The number of hydrogen-bond acceptors (Lipinski definition) is 5. The van der Waals surface area contributed by atoms with Crippen molar-refractivity contribution in [1.29, 1.82) is 10.5 Å². The molecule has 0 aliphatic carbocycles. The number of aromatic nitrogens is 1. The summed E-state index contributed by atoms with van der Waals surface area (Å²) in [6, 6.07) is 5.80. The number of nitriles is 2. The molecule has 1 aromatic rings. The van der Waals surface area contributed by atoms with Crippen LogP contribution in [0.1, 0.15) is 0 Å². The van der Waals surface area contributed by atoms with E-state index >= 15 is 0 Å². The predicted octanol–water partition coefficient (Wildman–Crippen LogP) is 0.773. The SMILES string of the molecule is N#CCN(CC#N)S(=O)(=O)c1ccnc(Cl)c1. The van der Waals surface area contributed by atoms with Gasteiger partial charge < -0.3 is 0 Å². The maximum absolute atomic E-state index is 12.0. The van der Waals surface area contributed by atoms with Gasteiger partial charge in [0.2, 0.25) is 10.0 Å². The molecule has 0 saturated heterocycles. The molecule has 0 aromatic carbocycles. The molecular weight excluding hydrogens is 264 g/mol. The molecule has 0 atom stereocenters. The van der Waals surface area contributed by atoms with Gasteiger partial charge in [0.05, 0.1) is 17.0 Å². The highest BCUT2D eigenvalue weighted by atomic mass is 35.5. The highest BCUT2D eigenvalue weighted by Crippen LogP contribution is 2.17. The molecule has 0 fully saturated rings. The molecular formula is C9H7ClN4O2S. The third kappa shape index (κ3) is 3.14. The van der Waals surface area contributed by atoms with Gasteiger partial charge in [0.25, 0.3) is 0 Å². The summed E-state index contributed by atoms with van der Waals surface area (Å²) in [5.41, 5.74) is 0.